The average Bonchev–Trinajstić information content (AvgIpc) is 3.40. The number of aryl methyl sites for hydroxylation is 1. The van der Waals surface area contributed by atoms with Gasteiger partial charge >= 0.3 is 6.09 Å². The van der Waals surface area contributed by atoms with Crippen molar-refractivity contribution in [2.45, 2.75) is 46.1 Å². The van der Waals surface area contributed by atoms with Crippen LogP contribution in [0, 0.1) is 12.3 Å². The van der Waals surface area contributed by atoms with E-state index >= 15 is 0 Å². The van der Waals surface area contributed by atoms with Crippen molar-refractivity contribution in [2.75, 3.05) is 29.9 Å². The second-order valence-electron chi connectivity index (χ2n) is 9.29. The molecule has 1 saturated heterocycles. The third-order valence-corrected chi connectivity index (χ3v) is 6.47. The summed E-state index contributed by atoms with van der Waals surface area (Å²) in [6, 6.07) is 1.95. The van der Waals surface area contributed by atoms with Crippen molar-refractivity contribution < 1.29 is 14.3 Å². The maximum Gasteiger partial charge on any atom is 0.407 e. The van der Waals surface area contributed by atoms with Gasteiger partial charge in [-0.2, -0.15) is 0 Å². The topological polar surface area (TPSA) is 125 Å². The van der Waals surface area contributed by atoms with E-state index in [-0.39, 0.29) is 12.5 Å². The molecule has 1 aliphatic rings. The first-order valence-corrected chi connectivity index (χ1v) is 11.7. The minimum Gasteiger partial charge on any atom is -0.444 e. The molecule has 1 aliphatic heterocycles. The molecule has 176 valence electrons. The Morgan fingerprint density at radius 1 is 1.24 bits per heavy atom. The Balaban J connectivity index is 1.51. The van der Waals surface area contributed by atoms with Gasteiger partial charge in [-0.3, -0.25) is 4.79 Å². The zero-order chi connectivity index (χ0) is 23.6. The number of ether oxygens (including phenoxy) is 1. The van der Waals surface area contributed by atoms with Gasteiger partial charge in [0, 0.05) is 36.9 Å². The lowest BCUT2D eigenvalue weighted by atomic mass is 9.77. The molecule has 2 amide bonds. The lowest BCUT2D eigenvalue weighted by molar-refractivity contribution is -0.126. The highest BCUT2D eigenvalue weighted by molar-refractivity contribution is 7.15. The Hall–Kier alpha value is -3.21. The first kappa shape index (κ1) is 23.0. The minimum atomic E-state index is -0.794. The van der Waals surface area contributed by atoms with E-state index < -0.39 is 17.1 Å². The molecule has 11 heteroatoms. The highest BCUT2D eigenvalue weighted by Crippen LogP contribution is 2.36. The third kappa shape index (κ3) is 5.24. The highest BCUT2D eigenvalue weighted by Gasteiger charge is 2.43. The number of hydrogen-bond donors (Lipinski definition) is 3. The fourth-order valence-electron chi connectivity index (χ4n) is 3.94. The molecule has 4 heterocycles. The minimum absolute atomic E-state index is 0.151. The van der Waals surface area contributed by atoms with Crippen molar-refractivity contribution in [2.24, 2.45) is 5.41 Å². The molecule has 0 unspecified atom stereocenters. The van der Waals surface area contributed by atoms with E-state index in [4.69, 9.17) is 4.74 Å². The molecular weight excluding hydrogens is 442 g/mol. The number of nitrogens with one attached hydrogen (secondary N) is 3. The number of carbonyl (C=O) groups excluding carboxylic acids is 2. The van der Waals surface area contributed by atoms with Crippen LogP contribution in [0.2, 0.25) is 0 Å². The number of alkyl carbamates (subject to hydrolysis) is 1. The summed E-state index contributed by atoms with van der Waals surface area (Å²) < 4.78 is 5.38. The number of carbonyl (C=O) groups is 2. The molecule has 33 heavy (non-hydrogen) atoms. The predicted molar refractivity (Wildman–Crippen MR) is 127 cm³/mol. The first-order valence-electron chi connectivity index (χ1n) is 10.9. The maximum absolute atomic E-state index is 13.4. The fourth-order valence-corrected chi connectivity index (χ4v) is 4.60. The van der Waals surface area contributed by atoms with Crippen molar-refractivity contribution in [1.82, 2.24) is 25.3 Å². The van der Waals surface area contributed by atoms with Gasteiger partial charge in [-0.05, 0) is 46.6 Å². The number of thiazole rings is 1. The van der Waals surface area contributed by atoms with Crippen LogP contribution in [-0.2, 0) is 9.53 Å². The molecule has 0 saturated carbocycles. The van der Waals surface area contributed by atoms with Gasteiger partial charge in [0.1, 0.15) is 23.4 Å². The zero-order valence-electron chi connectivity index (χ0n) is 19.3. The molecule has 3 N–H and O–H groups in total. The van der Waals surface area contributed by atoms with E-state index in [1.807, 2.05) is 40.0 Å². The van der Waals surface area contributed by atoms with Crippen molar-refractivity contribution in [1.29, 1.82) is 0 Å². The first-order chi connectivity index (χ1) is 15.7. The summed E-state index contributed by atoms with van der Waals surface area (Å²) in [5.41, 5.74) is -0.631. The molecular formula is C22H29N7O3S. The highest BCUT2D eigenvalue weighted by atomic mass is 32.1. The maximum atomic E-state index is 13.4. The number of hydrogen-bond acceptors (Lipinski definition) is 8. The zero-order valence-corrected chi connectivity index (χ0v) is 20.1. The van der Waals surface area contributed by atoms with Crippen LogP contribution in [0.1, 0.15) is 38.5 Å². The predicted octanol–water partition coefficient (Wildman–Crippen LogP) is 3.47. The number of nitrogens with zero attached hydrogens (tertiary/aromatic N) is 4. The van der Waals surface area contributed by atoms with Crippen LogP contribution in [0.3, 0.4) is 0 Å². The van der Waals surface area contributed by atoms with Crippen LogP contribution >= 0.6 is 11.3 Å². The largest absolute Gasteiger partial charge is 0.444 e. The van der Waals surface area contributed by atoms with Gasteiger partial charge in [-0.25, -0.2) is 19.7 Å². The Morgan fingerprint density at radius 2 is 2.00 bits per heavy atom. The molecule has 1 fully saturated rings. The molecule has 3 aromatic heterocycles. The normalized spacial score (nSPS) is 15.9. The van der Waals surface area contributed by atoms with Crippen LogP contribution in [0.15, 0.2) is 24.8 Å². The molecule has 0 atom stereocenters. The number of fused-ring (bicyclic) bond motifs is 1. The smallest absolute Gasteiger partial charge is 0.407 e. The van der Waals surface area contributed by atoms with Crippen LogP contribution in [0.4, 0.5) is 15.7 Å². The third-order valence-electron chi connectivity index (χ3n) is 5.65. The number of anilines is 2. The Bertz CT molecular complexity index is 1140. The summed E-state index contributed by atoms with van der Waals surface area (Å²) in [4.78, 5) is 45.0. The Labute approximate surface area is 196 Å². The molecule has 0 bridgehead atoms. The molecule has 4 rings (SSSR count). The van der Waals surface area contributed by atoms with Crippen molar-refractivity contribution in [3.8, 4) is 0 Å². The summed E-state index contributed by atoms with van der Waals surface area (Å²) >= 11 is 1.42. The van der Waals surface area contributed by atoms with E-state index in [2.05, 4.69) is 35.5 Å². The lowest BCUT2D eigenvalue weighted by Gasteiger charge is -2.41. The van der Waals surface area contributed by atoms with Crippen molar-refractivity contribution >= 4 is 45.3 Å². The number of rotatable bonds is 5. The van der Waals surface area contributed by atoms with E-state index in [0.717, 1.165) is 21.7 Å². The quantitative estimate of drug-likeness (QED) is 0.520. The standard InChI is InChI=1S/C22H29N7O3S/c1-14-11-24-19(33-14)28-18(30)22(12-25-20(31)32-21(2,3)4)6-9-29(10-7-22)17-15-5-8-23-16(15)26-13-27-17/h5,8,11,13H,6-7,9-10,12H2,1-4H3,(H,25,31)(H,23,26,27)(H,24,28,30). The van der Waals surface area contributed by atoms with Gasteiger partial charge in [0.25, 0.3) is 0 Å². The second kappa shape index (κ2) is 8.97. The summed E-state index contributed by atoms with van der Waals surface area (Å²) in [6.07, 6.45) is 5.64. The summed E-state index contributed by atoms with van der Waals surface area (Å²) in [5, 5.41) is 7.27. The van der Waals surface area contributed by atoms with E-state index in [1.165, 1.54) is 17.7 Å². The van der Waals surface area contributed by atoms with Crippen molar-refractivity contribution in [3.05, 3.63) is 29.7 Å². The lowest BCUT2D eigenvalue weighted by Crippen LogP contribution is -2.53. The number of aromatic nitrogens is 4. The van der Waals surface area contributed by atoms with Crippen LogP contribution < -0.4 is 15.5 Å². The van der Waals surface area contributed by atoms with Crippen LogP contribution in [-0.4, -0.2) is 57.2 Å². The molecule has 3 aromatic rings. The van der Waals surface area contributed by atoms with E-state index in [9.17, 15) is 9.59 Å². The molecule has 0 aromatic carbocycles. The second-order valence-corrected chi connectivity index (χ2v) is 10.5. The van der Waals surface area contributed by atoms with Crippen LogP contribution in [0.25, 0.3) is 11.0 Å². The number of piperidine rings is 1. The van der Waals surface area contributed by atoms with E-state index in [0.29, 0.717) is 31.1 Å². The van der Waals surface area contributed by atoms with Gasteiger partial charge < -0.3 is 25.3 Å². The molecule has 0 radical (unpaired) electrons. The summed E-state index contributed by atoms with van der Waals surface area (Å²) in [5.74, 6) is 0.688. The Morgan fingerprint density at radius 3 is 2.67 bits per heavy atom. The fraction of sp³-hybridized carbons (Fsp3) is 0.500. The van der Waals surface area contributed by atoms with Crippen LogP contribution in [0.5, 0.6) is 0 Å². The number of amides is 2. The summed E-state index contributed by atoms with van der Waals surface area (Å²) in [6.45, 7) is 8.75. The summed E-state index contributed by atoms with van der Waals surface area (Å²) in [7, 11) is 0. The number of aromatic amines is 1. The Kier molecular flexibility index (Phi) is 6.24. The van der Waals surface area contributed by atoms with Gasteiger partial charge in [-0.1, -0.05) is 0 Å². The molecule has 0 aliphatic carbocycles. The van der Waals surface area contributed by atoms with E-state index in [1.54, 1.807) is 6.20 Å². The SMILES string of the molecule is Cc1cnc(NC(=O)C2(CNC(=O)OC(C)(C)C)CCN(c3ncnc4[nH]ccc34)CC2)s1. The van der Waals surface area contributed by atoms with Gasteiger partial charge in [-0.15, -0.1) is 11.3 Å². The monoisotopic (exact) mass is 471 g/mol. The molecule has 10 nitrogen and oxygen atoms in total. The van der Waals surface area contributed by atoms with Gasteiger partial charge in [0.05, 0.1) is 10.8 Å². The number of H-pyrrole nitrogens is 1. The average molecular weight is 472 g/mol. The molecule has 0 spiro atoms. The van der Waals surface area contributed by atoms with Crippen molar-refractivity contribution in [3.63, 3.8) is 0 Å². The van der Waals surface area contributed by atoms with Gasteiger partial charge in [0.2, 0.25) is 5.91 Å². The van der Waals surface area contributed by atoms with Gasteiger partial charge in [0.15, 0.2) is 5.13 Å².